The van der Waals surface area contributed by atoms with Crippen molar-refractivity contribution in [3.63, 3.8) is 0 Å². The molecule has 0 radical (unpaired) electrons. The average Bonchev–Trinajstić information content (AvgIpc) is 2.43. The number of hydrogen-bond donors (Lipinski definition) is 2. The van der Waals surface area contributed by atoms with Gasteiger partial charge in [0.2, 0.25) is 5.88 Å². The van der Waals surface area contributed by atoms with E-state index < -0.39 is 5.97 Å². The number of rotatable bonds is 1. The molecule has 0 aliphatic carbocycles. The van der Waals surface area contributed by atoms with Crippen LogP contribution in [0.4, 0.5) is 0 Å². The molecule has 1 aromatic carbocycles. The summed E-state index contributed by atoms with van der Waals surface area (Å²) in [6, 6.07) is 7.20. The first kappa shape index (κ1) is 8.62. The van der Waals surface area contributed by atoms with Crippen LogP contribution in [0.25, 0.3) is 10.9 Å². The minimum atomic E-state index is -0.454. The smallest absolute Gasteiger partial charge is 0.308 e. The van der Waals surface area contributed by atoms with Gasteiger partial charge >= 0.3 is 5.97 Å². The summed E-state index contributed by atoms with van der Waals surface area (Å²) in [5, 5.41) is 10.1. The van der Waals surface area contributed by atoms with Gasteiger partial charge in [0.05, 0.1) is 5.52 Å². The number of para-hydroxylation sites is 1. The summed E-state index contributed by atoms with van der Waals surface area (Å²) in [6.45, 7) is 1.29. The van der Waals surface area contributed by atoms with Crippen molar-refractivity contribution in [2.24, 2.45) is 0 Å². The van der Waals surface area contributed by atoms with E-state index >= 15 is 0 Å². The minimum Gasteiger partial charge on any atom is -0.492 e. The summed E-state index contributed by atoms with van der Waals surface area (Å²) in [5.41, 5.74) is 0.737. The van der Waals surface area contributed by atoms with Crippen LogP contribution >= 0.6 is 0 Å². The zero-order valence-electron chi connectivity index (χ0n) is 7.57. The van der Waals surface area contributed by atoms with Crippen LogP contribution in [0.15, 0.2) is 24.3 Å². The number of esters is 1. The molecule has 14 heavy (non-hydrogen) atoms. The first-order valence-electron chi connectivity index (χ1n) is 4.16. The highest BCUT2D eigenvalue weighted by molar-refractivity contribution is 5.91. The SMILES string of the molecule is CC(=O)Oc1c(O)[nH]c2ccccc12. The van der Waals surface area contributed by atoms with E-state index in [9.17, 15) is 9.90 Å². The monoisotopic (exact) mass is 191 g/mol. The Morgan fingerprint density at radius 1 is 1.43 bits per heavy atom. The Morgan fingerprint density at radius 2 is 2.14 bits per heavy atom. The number of nitrogens with one attached hydrogen (secondary N) is 1. The Hall–Kier alpha value is -1.97. The lowest BCUT2D eigenvalue weighted by molar-refractivity contribution is -0.131. The van der Waals surface area contributed by atoms with E-state index in [0.29, 0.717) is 5.39 Å². The van der Waals surface area contributed by atoms with Gasteiger partial charge in [-0.25, -0.2) is 0 Å². The molecule has 0 aliphatic rings. The molecule has 0 saturated carbocycles. The maximum atomic E-state index is 10.8. The van der Waals surface area contributed by atoms with Gasteiger partial charge in [-0.2, -0.15) is 0 Å². The van der Waals surface area contributed by atoms with Gasteiger partial charge in [-0.3, -0.25) is 4.79 Å². The molecule has 2 N–H and O–H groups in total. The van der Waals surface area contributed by atoms with Crippen LogP contribution in [0.5, 0.6) is 11.6 Å². The molecule has 0 bridgehead atoms. The lowest BCUT2D eigenvalue weighted by atomic mass is 10.2. The Labute approximate surface area is 80.1 Å². The van der Waals surface area contributed by atoms with Gasteiger partial charge in [0.15, 0.2) is 5.75 Å². The molecular formula is C10H9NO3. The number of aromatic amines is 1. The highest BCUT2D eigenvalue weighted by atomic mass is 16.5. The van der Waals surface area contributed by atoms with E-state index in [1.54, 1.807) is 12.1 Å². The van der Waals surface area contributed by atoms with Gasteiger partial charge in [0.25, 0.3) is 0 Å². The maximum Gasteiger partial charge on any atom is 0.308 e. The molecule has 0 amide bonds. The van der Waals surface area contributed by atoms with Crippen LogP contribution in [0, 0.1) is 0 Å². The van der Waals surface area contributed by atoms with E-state index in [-0.39, 0.29) is 11.6 Å². The first-order chi connectivity index (χ1) is 6.68. The predicted molar refractivity (Wildman–Crippen MR) is 51.3 cm³/mol. The molecule has 1 heterocycles. The molecule has 4 heteroatoms. The fraction of sp³-hybridized carbons (Fsp3) is 0.100. The van der Waals surface area contributed by atoms with Crippen molar-refractivity contribution in [3.05, 3.63) is 24.3 Å². The molecule has 2 aromatic rings. The van der Waals surface area contributed by atoms with Crippen molar-refractivity contribution >= 4 is 16.9 Å². The van der Waals surface area contributed by atoms with E-state index in [2.05, 4.69) is 4.98 Å². The normalized spacial score (nSPS) is 10.4. The number of aromatic hydroxyl groups is 1. The van der Waals surface area contributed by atoms with Crippen LogP contribution in [-0.4, -0.2) is 16.1 Å². The molecule has 1 aromatic heterocycles. The Bertz CT molecular complexity index is 487. The molecule has 0 fully saturated rings. The quantitative estimate of drug-likeness (QED) is 0.675. The topological polar surface area (TPSA) is 62.3 Å². The molecular weight excluding hydrogens is 182 g/mol. The van der Waals surface area contributed by atoms with E-state index in [0.717, 1.165) is 5.52 Å². The van der Waals surface area contributed by atoms with Crippen molar-refractivity contribution in [1.29, 1.82) is 0 Å². The summed E-state index contributed by atoms with van der Waals surface area (Å²) >= 11 is 0. The van der Waals surface area contributed by atoms with Gasteiger partial charge in [-0.1, -0.05) is 12.1 Å². The lowest BCUT2D eigenvalue weighted by Gasteiger charge is -1.98. The summed E-state index contributed by atoms with van der Waals surface area (Å²) in [5.74, 6) is -0.389. The largest absolute Gasteiger partial charge is 0.492 e. The van der Waals surface area contributed by atoms with E-state index in [1.807, 2.05) is 12.1 Å². The first-order valence-corrected chi connectivity index (χ1v) is 4.16. The third kappa shape index (κ3) is 1.31. The molecule has 2 rings (SSSR count). The lowest BCUT2D eigenvalue weighted by Crippen LogP contribution is -2.00. The second-order valence-electron chi connectivity index (χ2n) is 2.94. The second-order valence-corrected chi connectivity index (χ2v) is 2.94. The standard InChI is InChI=1S/C10H9NO3/c1-6(12)14-9-7-4-2-3-5-8(7)11-10(9)13/h2-5,11,13H,1H3. The van der Waals surface area contributed by atoms with E-state index in [1.165, 1.54) is 6.92 Å². The molecule has 0 unspecified atom stereocenters. The number of aromatic nitrogens is 1. The van der Waals surface area contributed by atoms with Crippen LogP contribution < -0.4 is 4.74 Å². The molecule has 4 nitrogen and oxygen atoms in total. The third-order valence-electron chi connectivity index (χ3n) is 1.89. The van der Waals surface area contributed by atoms with Crippen LogP contribution in [0.3, 0.4) is 0 Å². The van der Waals surface area contributed by atoms with Crippen LogP contribution in [0.1, 0.15) is 6.92 Å². The predicted octanol–water partition coefficient (Wildman–Crippen LogP) is 1.80. The molecule has 72 valence electrons. The van der Waals surface area contributed by atoms with Crippen LogP contribution in [0.2, 0.25) is 0 Å². The Kier molecular flexibility index (Phi) is 1.89. The minimum absolute atomic E-state index is 0.124. The Balaban J connectivity index is 2.62. The van der Waals surface area contributed by atoms with Gasteiger partial charge in [0, 0.05) is 12.3 Å². The second kappa shape index (κ2) is 3.06. The number of carbonyl (C=O) groups is 1. The molecule has 0 atom stereocenters. The summed E-state index contributed by atoms with van der Waals surface area (Å²) < 4.78 is 4.88. The van der Waals surface area contributed by atoms with Gasteiger partial charge in [0.1, 0.15) is 0 Å². The summed E-state index contributed by atoms with van der Waals surface area (Å²) in [6.07, 6.45) is 0. The van der Waals surface area contributed by atoms with Crippen molar-refractivity contribution in [2.45, 2.75) is 6.92 Å². The highest BCUT2D eigenvalue weighted by Gasteiger charge is 2.12. The number of carbonyl (C=O) groups excluding carboxylic acids is 1. The van der Waals surface area contributed by atoms with Gasteiger partial charge < -0.3 is 14.8 Å². The number of benzene rings is 1. The van der Waals surface area contributed by atoms with Crippen molar-refractivity contribution in [3.8, 4) is 11.6 Å². The zero-order valence-corrected chi connectivity index (χ0v) is 7.57. The average molecular weight is 191 g/mol. The van der Waals surface area contributed by atoms with E-state index in [4.69, 9.17) is 4.74 Å². The van der Waals surface area contributed by atoms with Crippen LogP contribution in [-0.2, 0) is 4.79 Å². The molecule has 0 spiro atoms. The zero-order chi connectivity index (χ0) is 10.1. The third-order valence-corrected chi connectivity index (χ3v) is 1.89. The highest BCUT2D eigenvalue weighted by Crippen LogP contribution is 2.34. The van der Waals surface area contributed by atoms with Crippen molar-refractivity contribution in [2.75, 3.05) is 0 Å². The fourth-order valence-corrected chi connectivity index (χ4v) is 1.35. The van der Waals surface area contributed by atoms with Crippen molar-refractivity contribution < 1.29 is 14.6 Å². The van der Waals surface area contributed by atoms with Gasteiger partial charge in [-0.15, -0.1) is 0 Å². The fourth-order valence-electron chi connectivity index (χ4n) is 1.35. The maximum absolute atomic E-state index is 10.8. The number of ether oxygens (including phenoxy) is 1. The molecule has 0 saturated heterocycles. The van der Waals surface area contributed by atoms with Crippen molar-refractivity contribution in [1.82, 2.24) is 4.98 Å². The number of hydrogen-bond acceptors (Lipinski definition) is 3. The number of H-pyrrole nitrogens is 1. The summed E-state index contributed by atoms with van der Waals surface area (Å²) in [7, 11) is 0. The number of fused-ring (bicyclic) bond motifs is 1. The molecule has 0 aliphatic heterocycles. The summed E-state index contributed by atoms with van der Waals surface area (Å²) in [4.78, 5) is 13.5. The van der Waals surface area contributed by atoms with Gasteiger partial charge in [-0.05, 0) is 12.1 Å². The Morgan fingerprint density at radius 3 is 2.86 bits per heavy atom.